The van der Waals surface area contributed by atoms with Gasteiger partial charge in [-0.2, -0.15) is 0 Å². The van der Waals surface area contributed by atoms with E-state index in [1.807, 2.05) is 30.3 Å². The molecule has 10 heavy (non-hydrogen) atoms. The van der Waals surface area contributed by atoms with Crippen molar-refractivity contribution in [1.82, 2.24) is 0 Å². The highest BCUT2D eigenvalue weighted by Gasteiger charge is 1.81. The van der Waals surface area contributed by atoms with Gasteiger partial charge in [0.1, 0.15) is 0 Å². The summed E-state index contributed by atoms with van der Waals surface area (Å²) in [7, 11) is 0. The Bertz CT molecular complexity index is 165. The largest absolute Gasteiger partial charge is 0.373 e. The van der Waals surface area contributed by atoms with Gasteiger partial charge < -0.3 is 11.1 Å². The van der Waals surface area contributed by atoms with Crippen molar-refractivity contribution in [2.24, 2.45) is 5.73 Å². The monoisotopic (exact) mass is 202 g/mol. The van der Waals surface area contributed by atoms with Gasteiger partial charge in [0, 0.05) is 5.69 Å². The van der Waals surface area contributed by atoms with Crippen molar-refractivity contribution < 1.29 is 0 Å². The molecular formula is C7H11BrN2. The molecule has 1 rings (SSSR count). The summed E-state index contributed by atoms with van der Waals surface area (Å²) in [6, 6.07) is 9.87. The van der Waals surface area contributed by atoms with Gasteiger partial charge in [0.2, 0.25) is 0 Å². The first-order valence-electron chi connectivity index (χ1n) is 2.92. The topological polar surface area (TPSA) is 38.0 Å². The predicted molar refractivity (Wildman–Crippen MR) is 49.4 cm³/mol. The molecule has 0 aliphatic heterocycles. The van der Waals surface area contributed by atoms with E-state index in [0.29, 0.717) is 6.67 Å². The molecule has 3 N–H and O–H groups in total. The van der Waals surface area contributed by atoms with Crippen LogP contribution in [-0.2, 0) is 0 Å². The van der Waals surface area contributed by atoms with E-state index in [1.54, 1.807) is 0 Å². The Morgan fingerprint density at radius 1 is 1.20 bits per heavy atom. The van der Waals surface area contributed by atoms with E-state index in [1.165, 1.54) is 0 Å². The zero-order valence-electron chi connectivity index (χ0n) is 5.58. The van der Waals surface area contributed by atoms with Gasteiger partial charge in [-0.05, 0) is 12.1 Å². The van der Waals surface area contributed by atoms with Crippen molar-refractivity contribution in [2.45, 2.75) is 0 Å². The van der Waals surface area contributed by atoms with Gasteiger partial charge >= 0.3 is 0 Å². The first-order valence-corrected chi connectivity index (χ1v) is 2.92. The lowest BCUT2D eigenvalue weighted by Crippen LogP contribution is -2.10. The maximum Gasteiger partial charge on any atom is 0.0628 e. The second kappa shape index (κ2) is 5.26. The minimum atomic E-state index is 0. The van der Waals surface area contributed by atoms with Crippen molar-refractivity contribution in [3.05, 3.63) is 30.3 Å². The van der Waals surface area contributed by atoms with Gasteiger partial charge in [-0.15, -0.1) is 17.0 Å². The summed E-state index contributed by atoms with van der Waals surface area (Å²) in [5.74, 6) is 0. The van der Waals surface area contributed by atoms with Crippen molar-refractivity contribution in [3.63, 3.8) is 0 Å². The molecule has 1 aromatic rings. The Labute approximate surface area is 71.2 Å². The van der Waals surface area contributed by atoms with E-state index in [2.05, 4.69) is 5.32 Å². The molecule has 0 atom stereocenters. The lowest BCUT2D eigenvalue weighted by molar-refractivity contribution is 1.14. The Hall–Kier alpha value is -0.540. The zero-order chi connectivity index (χ0) is 6.53. The Morgan fingerprint density at radius 2 is 1.80 bits per heavy atom. The second-order valence-electron chi connectivity index (χ2n) is 1.75. The summed E-state index contributed by atoms with van der Waals surface area (Å²) < 4.78 is 0. The fourth-order valence-corrected chi connectivity index (χ4v) is 0.674. The number of rotatable bonds is 2. The molecule has 0 aliphatic rings. The maximum absolute atomic E-state index is 5.25. The number of para-hydroxylation sites is 1. The van der Waals surface area contributed by atoms with Crippen LogP contribution in [0.1, 0.15) is 0 Å². The highest BCUT2D eigenvalue weighted by atomic mass is 79.9. The molecule has 0 saturated heterocycles. The molecule has 0 bridgehead atoms. The molecular weight excluding hydrogens is 192 g/mol. The molecule has 0 radical (unpaired) electrons. The predicted octanol–water partition coefficient (Wildman–Crippen LogP) is 1.59. The summed E-state index contributed by atoms with van der Waals surface area (Å²) >= 11 is 0. The Morgan fingerprint density at radius 3 is 2.30 bits per heavy atom. The van der Waals surface area contributed by atoms with Crippen molar-refractivity contribution in [1.29, 1.82) is 0 Å². The lowest BCUT2D eigenvalue weighted by Gasteiger charge is -1.99. The minimum absolute atomic E-state index is 0. The quantitative estimate of drug-likeness (QED) is 0.716. The number of halogens is 1. The van der Waals surface area contributed by atoms with Crippen LogP contribution in [0.4, 0.5) is 5.69 Å². The fraction of sp³-hybridized carbons (Fsp3) is 0.143. The van der Waals surface area contributed by atoms with E-state index >= 15 is 0 Å². The van der Waals surface area contributed by atoms with Crippen LogP contribution < -0.4 is 11.1 Å². The van der Waals surface area contributed by atoms with Gasteiger partial charge in [0.15, 0.2) is 0 Å². The molecule has 56 valence electrons. The number of anilines is 1. The van der Waals surface area contributed by atoms with Gasteiger partial charge in [0.25, 0.3) is 0 Å². The van der Waals surface area contributed by atoms with Crippen LogP contribution in [-0.4, -0.2) is 6.67 Å². The molecule has 0 unspecified atom stereocenters. The summed E-state index contributed by atoms with van der Waals surface area (Å²) in [6.45, 7) is 0.490. The Kier molecular flexibility index (Phi) is 4.98. The SMILES string of the molecule is Br.NCNc1ccccc1. The first kappa shape index (κ1) is 9.46. The number of hydrogen-bond acceptors (Lipinski definition) is 2. The average Bonchev–Trinajstić information content (AvgIpc) is 1.91. The van der Waals surface area contributed by atoms with Crippen LogP contribution in [0.25, 0.3) is 0 Å². The lowest BCUT2D eigenvalue weighted by atomic mass is 10.3. The third-order valence-electron chi connectivity index (χ3n) is 1.08. The molecule has 0 spiro atoms. The van der Waals surface area contributed by atoms with E-state index in [-0.39, 0.29) is 17.0 Å². The Balaban J connectivity index is 0.000000810. The van der Waals surface area contributed by atoms with Crippen molar-refractivity contribution >= 4 is 22.7 Å². The van der Waals surface area contributed by atoms with Crippen LogP contribution in [0.5, 0.6) is 0 Å². The number of nitrogens with one attached hydrogen (secondary N) is 1. The third-order valence-corrected chi connectivity index (χ3v) is 1.08. The van der Waals surface area contributed by atoms with Crippen molar-refractivity contribution in [3.8, 4) is 0 Å². The van der Waals surface area contributed by atoms with Crippen LogP contribution in [0.2, 0.25) is 0 Å². The van der Waals surface area contributed by atoms with E-state index in [9.17, 15) is 0 Å². The molecule has 3 heteroatoms. The van der Waals surface area contributed by atoms with Crippen LogP contribution in [0.15, 0.2) is 30.3 Å². The molecule has 2 nitrogen and oxygen atoms in total. The van der Waals surface area contributed by atoms with E-state index in [0.717, 1.165) is 5.69 Å². The number of nitrogens with two attached hydrogens (primary N) is 1. The molecule has 0 aromatic heterocycles. The minimum Gasteiger partial charge on any atom is -0.373 e. The van der Waals surface area contributed by atoms with Gasteiger partial charge in [-0.25, -0.2) is 0 Å². The summed E-state index contributed by atoms with van der Waals surface area (Å²) in [4.78, 5) is 0. The van der Waals surface area contributed by atoms with Crippen LogP contribution in [0, 0.1) is 0 Å². The number of benzene rings is 1. The maximum atomic E-state index is 5.25. The smallest absolute Gasteiger partial charge is 0.0628 e. The van der Waals surface area contributed by atoms with Gasteiger partial charge in [-0.3, -0.25) is 0 Å². The highest BCUT2D eigenvalue weighted by molar-refractivity contribution is 8.93. The zero-order valence-corrected chi connectivity index (χ0v) is 7.29. The normalized spacial score (nSPS) is 8.10. The van der Waals surface area contributed by atoms with Crippen LogP contribution >= 0.6 is 17.0 Å². The van der Waals surface area contributed by atoms with Gasteiger partial charge in [0.05, 0.1) is 6.67 Å². The average molecular weight is 203 g/mol. The molecule has 0 aliphatic carbocycles. The molecule has 1 aromatic carbocycles. The third kappa shape index (κ3) is 2.85. The van der Waals surface area contributed by atoms with Crippen molar-refractivity contribution in [2.75, 3.05) is 12.0 Å². The standard InChI is InChI=1S/C7H10N2.BrH/c8-6-9-7-4-2-1-3-5-7;/h1-5,9H,6,8H2;1H. The number of hydrogen-bond donors (Lipinski definition) is 2. The van der Waals surface area contributed by atoms with Crippen LogP contribution in [0.3, 0.4) is 0 Å². The molecule has 0 heterocycles. The summed E-state index contributed by atoms with van der Waals surface area (Å²) in [6.07, 6.45) is 0. The first-order chi connectivity index (χ1) is 4.43. The van der Waals surface area contributed by atoms with Gasteiger partial charge in [-0.1, -0.05) is 18.2 Å². The molecule has 0 fully saturated rings. The van der Waals surface area contributed by atoms with E-state index < -0.39 is 0 Å². The molecule has 0 saturated carbocycles. The second-order valence-corrected chi connectivity index (χ2v) is 1.75. The fourth-order valence-electron chi connectivity index (χ4n) is 0.674. The highest BCUT2D eigenvalue weighted by Crippen LogP contribution is 2.02. The molecule has 0 amide bonds. The van der Waals surface area contributed by atoms with E-state index in [4.69, 9.17) is 5.73 Å². The summed E-state index contributed by atoms with van der Waals surface area (Å²) in [5, 5.41) is 2.99. The summed E-state index contributed by atoms with van der Waals surface area (Å²) in [5.41, 5.74) is 6.32.